The molecule has 0 N–H and O–H groups in total. The van der Waals surface area contributed by atoms with Crippen LogP contribution in [-0.4, -0.2) is 22.8 Å². The zero-order valence-corrected chi connectivity index (χ0v) is 15.3. The van der Waals surface area contributed by atoms with E-state index in [1.165, 1.54) is 6.08 Å². The van der Waals surface area contributed by atoms with E-state index in [1.54, 1.807) is 61.8 Å². The summed E-state index contributed by atoms with van der Waals surface area (Å²) in [7, 11) is 0. The molecule has 5 nitrogen and oxygen atoms in total. The first-order chi connectivity index (χ1) is 13.6. The zero-order chi connectivity index (χ0) is 19.8. The molecule has 5 heteroatoms. The largest absolute Gasteiger partial charge is 0.457 e. The highest BCUT2D eigenvalue weighted by atomic mass is 16.5. The third-order valence-electron chi connectivity index (χ3n) is 3.90. The van der Waals surface area contributed by atoms with E-state index in [0.717, 1.165) is 5.56 Å². The van der Waals surface area contributed by atoms with Crippen molar-refractivity contribution in [2.75, 3.05) is 0 Å². The van der Waals surface area contributed by atoms with Gasteiger partial charge in [-0.05, 0) is 67.1 Å². The molecule has 0 radical (unpaired) electrons. The van der Waals surface area contributed by atoms with E-state index < -0.39 is 12.1 Å². The van der Waals surface area contributed by atoms with Crippen LogP contribution in [0.3, 0.4) is 0 Å². The maximum absolute atomic E-state index is 12.5. The Hall–Kier alpha value is -3.73. The highest BCUT2D eigenvalue weighted by molar-refractivity contribution is 6.01. The van der Waals surface area contributed by atoms with Crippen molar-refractivity contribution in [3.63, 3.8) is 0 Å². The SMILES string of the molecule is CC(OC(=O)/C=C/c1ccncc1)C(=O)c1ccc(Oc2ccccc2)cc1. The fourth-order valence-corrected chi connectivity index (χ4v) is 2.45. The lowest BCUT2D eigenvalue weighted by Gasteiger charge is -2.11. The van der Waals surface area contributed by atoms with Gasteiger partial charge in [0.15, 0.2) is 6.10 Å². The summed E-state index contributed by atoms with van der Waals surface area (Å²) in [6.45, 7) is 1.55. The van der Waals surface area contributed by atoms with Gasteiger partial charge < -0.3 is 9.47 Å². The predicted molar refractivity (Wildman–Crippen MR) is 106 cm³/mol. The summed E-state index contributed by atoms with van der Waals surface area (Å²) in [5, 5.41) is 0. The van der Waals surface area contributed by atoms with Crippen LogP contribution in [0.2, 0.25) is 0 Å². The average Bonchev–Trinajstić information content (AvgIpc) is 2.74. The van der Waals surface area contributed by atoms with Crippen LogP contribution >= 0.6 is 0 Å². The summed E-state index contributed by atoms with van der Waals surface area (Å²) in [5.74, 6) is 0.469. The molecule has 0 aliphatic rings. The quantitative estimate of drug-likeness (QED) is 0.341. The van der Waals surface area contributed by atoms with E-state index in [0.29, 0.717) is 17.1 Å². The molecule has 1 aromatic heterocycles. The number of benzene rings is 2. The number of Topliss-reactive ketones (excluding diaryl/α,β-unsaturated/α-hetero) is 1. The Balaban J connectivity index is 1.56. The highest BCUT2D eigenvalue weighted by Gasteiger charge is 2.18. The predicted octanol–water partition coefficient (Wildman–Crippen LogP) is 4.70. The molecule has 0 spiro atoms. The standard InChI is InChI=1S/C23H19NO4/c1-17(27-22(25)12-7-18-13-15-24-16-14-18)23(26)19-8-10-21(11-9-19)28-20-5-3-2-4-6-20/h2-17H,1H3/b12-7+. The number of ketones is 1. The Morgan fingerprint density at radius 3 is 2.21 bits per heavy atom. The van der Waals surface area contributed by atoms with Gasteiger partial charge in [-0.15, -0.1) is 0 Å². The highest BCUT2D eigenvalue weighted by Crippen LogP contribution is 2.21. The maximum Gasteiger partial charge on any atom is 0.331 e. The number of para-hydroxylation sites is 1. The van der Waals surface area contributed by atoms with E-state index in [9.17, 15) is 9.59 Å². The number of rotatable bonds is 7. The molecule has 2 aromatic carbocycles. The Morgan fingerprint density at radius 1 is 0.893 bits per heavy atom. The summed E-state index contributed by atoms with van der Waals surface area (Å²) >= 11 is 0. The van der Waals surface area contributed by atoms with Crippen LogP contribution in [-0.2, 0) is 9.53 Å². The molecule has 140 valence electrons. The van der Waals surface area contributed by atoms with Crippen LogP contribution in [0.15, 0.2) is 85.2 Å². The first-order valence-corrected chi connectivity index (χ1v) is 8.78. The van der Waals surface area contributed by atoms with Gasteiger partial charge in [0.2, 0.25) is 5.78 Å². The summed E-state index contributed by atoms with van der Waals surface area (Å²) < 4.78 is 10.9. The van der Waals surface area contributed by atoms with Gasteiger partial charge in [0.1, 0.15) is 11.5 Å². The normalized spacial score (nSPS) is 11.8. The van der Waals surface area contributed by atoms with Crippen LogP contribution in [0.4, 0.5) is 0 Å². The van der Waals surface area contributed by atoms with Gasteiger partial charge in [-0.3, -0.25) is 9.78 Å². The van der Waals surface area contributed by atoms with E-state index in [1.807, 2.05) is 30.3 Å². The zero-order valence-electron chi connectivity index (χ0n) is 15.3. The number of carbonyl (C=O) groups excluding carboxylic acids is 2. The third kappa shape index (κ3) is 5.38. The van der Waals surface area contributed by atoms with Gasteiger partial charge in [0, 0.05) is 24.0 Å². The van der Waals surface area contributed by atoms with Gasteiger partial charge in [-0.1, -0.05) is 18.2 Å². The third-order valence-corrected chi connectivity index (χ3v) is 3.90. The number of hydrogen-bond donors (Lipinski definition) is 0. The topological polar surface area (TPSA) is 65.5 Å². The lowest BCUT2D eigenvalue weighted by atomic mass is 10.1. The van der Waals surface area contributed by atoms with Crippen LogP contribution in [0.25, 0.3) is 6.08 Å². The van der Waals surface area contributed by atoms with E-state index >= 15 is 0 Å². The smallest absolute Gasteiger partial charge is 0.331 e. The van der Waals surface area contributed by atoms with Gasteiger partial charge in [0.25, 0.3) is 0 Å². The molecule has 0 fully saturated rings. The second kappa shape index (κ2) is 9.28. The first-order valence-electron chi connectivity index (χ1n) is 8.78. The molecule has 0 aliphatic carbocycles. The summed E-state index contributed by atoms with van der Waals surface area (Å²) in [6.07, 6.45) is 5.26. The lowest BCUT2D eigenvalue weighted by Crippen LogP contribution is -2.23. The van der Waals surface area contributed by atoms with E-state index in [4.69, 9.17) is 9.47 Å². The molecule has 28 heavy (non-hydrogen) atoms. The second-order valence-corrected chi connectivity index (χ2v) is 6.00. The monoisotopic (exact) mass is 373 g/mol. The molecule has 0 saturated carbocycles. The Kier molecular flexibility index (Phi) is 6.31. The van der Waals surface area contributed by atoms with Crippen LogP contribution in [0.5, 0.6) is 11.5 Å². The lowest BCUT2D eigenvalue weighted by molar-refractivity contribution is -0.140. The Labute approximate surface area is 163 Å². The molecule has 0 saturated heterocycles. The fourth-order valence-electron chi connectivity index (χ4n) is 2.45. The molecule has 1 heterocycles. The maximum atomic E-state index is 12.5. The van der Waals surface area contributed by atoms with Crippen LogP contribution in [0, 0.1) is 0 Å². The Bertz CT molecular complexity index is 951. The number of pyridine rings is 1. The van der Waals surface area contributed by atoms with Crippen molar-refractivity contribution in [2.24, 2.45) is 0 Å². The summed E-state index contributed by atoms with van der Waals surface area (Å²) in [6, 6.07) is 19.6. The number of hydrogen-bond acceptors (Lipinski definition) is 5. The van der Waals surface area contributed by atoms with Crippen molar-refractivity contribution >= 4 is 17.8 Å². The van der Waals surface area contributed by atoms with Gasteiger partial charge in [0.05, 0.1) is 0 Å². The summed E-state index contributed by atoms with van der Waals surface area (Å²) in [4.78, 5) is 28.3. The fraction of sp³-hybridized carbons (Fsp3) is 0.0870. The van der Waals surface area contributed by atoms with Gasteiger partial charge >= 0.3 is 5.97 Å². The van der Waals surface area contributed by atoms with Crippen molar-refractivity contribution in [1.29, 1.82) is 0 Å². The molecule has 0 aliphatic heterocycles. The van der Waals surface area contributed by atoms with E-state index in [-0.39, 0.29) is 5.78 Å². The minimum Gasteiger partial charge on any atom is -0.457 e. The molecule has 3 aromatic rings. The number of ether oxygens (including phenoxy) is 2. The van der Waals surface area contributed by atoms with Crippen LogP contribution in [0.1, 0.15) is 22.8 Å². The van der Waals surface area contributed by atoms with Crippen LogP contribution < -0.4 is 4.74 Å². The molecule has 3 rings (SSSR count). The molecular weight excluding hydrogens is 354 g/mol. The molecule has 1 unspecified atom stereocenters. The van der Waals surface area contributed by atoms with Crippen molar-refractivity contribution in [1.82, 2.24) is 4.98 Å². The minimum absolute atomic E-state index is 0.281. The van der Waals surface area contributed by atoms with Gasteiger partial charge in [-0.2, -0.15) is 0 Å². The van der Waals surface area contributed by atoms with Crippen molar-refractivity contribution in [3.8, 4) is 11.5 Å². The number of aromatic nitrogens is 1. The van der Waals surface area contributed by atoms with Crippen molar-refractivity contribution in [2.45, 2.75) is 13.0 Å². The first kappa shape index (κ1) is 19.0. The average molecular weight is 373 g/mol. The Morgan fingerprint density at radius 2 is 1.54 bits per heavy atom. The number of nitrogens with zero attached hydrogens (tertiary/aromatic N) is 1. The van der Waals surface area contributed by atoms with Crippen molar-refractivity contribution in [3.05, 3.63) is 96.3 Å². The minimum atomic E-state index is -0.893. The molecule has 0 bridgehead atoms. The molecule has 0 amide bonds. The molecular formula is C23H19NO4. The van der Waals surface area contributed by atoms with Gasteiger partial charge in [-0.25, -0.2) is 4.79 Å². The number of carbonyl (C=O) groups is 2. The van der Waals surface area contributed by atoms with Crippen molar-refractivity contribution < 1.29 is 19.1 Å². The molecule has 1 atom stereocenters. The number of esters is 1. The van der Waals surface area contributed by atoms with E-state index in [2.05, 4.69) is 4.98 Å². The second-order valence-electron chi connectivity index (χ2n) is 6.00. The summed E-state index contributed by atoms with van der Waals surface area (Å²) in [5.41, 5.74) is 1.26.